The molecular weight excluding hydrogens is 258 g/mol. The summed E-state index contributed by atoms with van der Waals surface area (Å²) in [6.45, 7) is 7.76. The number of halogens is 1. The lowest BCUT2D eigenvalue weighted by Crippen LogP contribution is -2.33. The maximum absolute atomic E-state index is 11.6. The van der Waals surface area contributed by atoms with Crippen LogP contribution in [0.5, 0.6) is 0 Å². The van der Waals surface area contributed by atoms with Crippen LogP contribution < -0.4 is 5.32 Å². The number of thiophene rings is 1. The van der Waals surface area contributed by atoms with Gasteiger partial charge in [-0.2, -0.15) is 0 Å². The molecule has 0 aliphatic rings. The van der Waals surface area contributed by atoms with Crippen molar-refractivity contribution in [3.05, 3.63) is 21.3 Å². The maximum atomic E-state index is 11.6. The van der Waals surface area contributed by atoms with Gasteiger partial charge in [-0.1, -0.05) is 11.6 Å². The third kappa shape index (κ3) is 5.52. The smallest absolute Gasteiger partial charge is 0.246 e. The van der Waals surface area contributed by atoms with Crippen LogP contribution in [0.15, 0.2) is 12.1 Å². The number of carbonyl (C=O) groups excluding carboxylic acids is 1. The molecule has 0 fully saturated rings. The van der Waals surface area contributed by atoms with E-state index in [0.29, 0.717) is 0 Å². The van der Waals surface area contributed by atoms with Crippen molar-refractivity contribution < 1.29 is 9.53 Å². The molecule has 5 heteroatoms. The minimum Gasteiger partial charge on any atom is -0.366 e. The van der Waals surface area contributed by atoms with Crippen LogP contribution in [0.2, 0.25) is 4.34 Å². The van der Waals surface area contributed by atoms with Crippen molar-refractivity contribution in [1.82, 2.24) is 5.32 Å². The highest BCUT2D eigenvalue weighted by Crippen LogP contribution is 2.26. The highest BCUT2D eigenvalue weighted by Gasteiger charge is 2.15. The zero-order valence-electron chi connectivity index (χ0n) is 10.5. The van der Waals surface area contributed by atoms with Crippen molar-refractivity contribution in [1.29, 1.82) is 0 Å². The van der Waals surface area contributed by atoms with Gasteiger partial charge in [0.25, 0.3) is 0 Å². The zero-order chi connectivity index (χ0) is 13.1. The Morgan fingerprint density at radius 1 is 1.53 bits per heavy atom. The Morgan fingerprint density at radius 2 is 2.18 bits per heavy atom. The average Bonchev–Trinajstić information content (AvgIpc) is 2.61. The molecule has 96 valence electrons. The Morgan fingerprint density at radius 3 is 2.65 bits per heavy atom. The Labute approximate surface area is 111 Å². The number of amides is 1. The molecule has 1 N–H and O–H groups in total. The van der Waals surface area contributed by atoms with Crippen LogP contribution in [-0.2, 0) is 9.53 Å². The summed E-state index contributed by atoms with van der Waals surface area (Å²) >= 11 is 7.31. The van der Waals surface area contributed by atoms with Crippen molar-refractivity contribution in [2.24, 2.45) is 0 Å². The van der Waals surface area contributed by atoms with Crippen LogP contribution in [0, 0.1) is 0 Å². The van der Waals surface area contributed by atoms with Gasteiger partial charge in [-0.05, 0) is 39.8 Å². The molecule has 1 heterocycles. The molecule has 0 radical (unpaired) electrons. The SMILES string of the molecule is CC(NC(=O)COC(C)(C)C)c1ccc(Cl)s1. The predicted octanol–water partition coefficient (Wildman–Crippen LogP) is 3.39. The van der Waals surface area contributed by atoms with Crippen LogP contribution in [0.25, 0.3) is 0 Å². The molecule has 1 amide bonds. The Bertz CT molecular complexity index is 384. The van der Waals surface area contributed by atoms with Crippen LogP contribution in [0.4, 0.5) is 0 Å². The molecule has 1 aromatic rings. The van der Waals surface area contributed by atoms with Crippen molar-refractivity contribution in [2.45, 2.75) is 39.3 Å². The topological polar surface area (TPSA) is 38.3 Å². The van der Waals surface area contributed by atoms with E-state index >= 15 is 0 Å². The fourth-order valence-electron chi connectivity index (χ4n) is 1.20. The van der Waals surface area contributed by atoms with E-state index in [1.54, 1.807) is 0 Å². The highest BCUT2D eigenvalue weighted by molar-refractivity contribution is 7.16. The lowest BCUT2D eigenvalue weighted by molar-refractivity contribution is -0.131. The van der Waals surface area contributed by atoms with E-state index in [1.807, 2.05) is 39.8 Å². The maximum Gasteiger partial charge on any atom is 0.246 e. The summed E-state index contributed by atoms with van der Waals surface area (Å²) in [5.41, 5.74) is -0.299. The summed E-state index contributed by atoms with van der Waals surface area (Å²) in [6, 6.07) is 3.71. The average molecular weight is 276 g/mol. The van der Waals surface area contributed by atoms with E-state index in [0.717, 1.165) is 9.21 Å². The number of hydrogen-bond acceptors (Lipinski definition) is 3. The molecule has 1 rings (SSSR count). The van der Waals surface area contributed by atoms with E-state index < -0.39 is 0 Å². The van der Waals surface area contributed by atoms with Gasteiger partial charge in [0.05, 0.1) is 16.0 Å². The van der Waals surface area contributed by atoms with Crippen molar-refractivity contribution in [2.75, 3.05) is 6.61 Å². The molecule has 0 spiro atoms. The van der Waals surface area contributed by atoms with Crippen molar-refractivity contribution in [3.8, 4) is 0 Å². The number of carbonyl (C=O) groups is 1. The molecular formula is C12H18ClNO2S. The number of rotatable bonds is 4. The minimum atomic E-state index is -0.299. The summed E-state index contributed by atoms with van der Waals surface area (Å²) in [5.74, 6) is -0.114. The highest BCUT2D eigenvalue weighted by atomic mass is 35.5. The van der Waals surface area contributed by atoms with Gasteiger partial charge >= 0.3 is 0 Å². The quantitative estimate of drug-likeness (QED) is 0.915. The fourth-order valence-corrected chi connectivity index (χ4v) is 2.26. The summed E-state index contributed by atoms with van der Waals surface area (Å²) in [4.78, 5) is 12.7. The fraction of sp³-hybridized carbons (Fsp3) is 0.583. The molecule has 1 atom stereocenters. The first-order chi connectivity index (χ1) is 7.78. The van der Waals surface area contributed by atoms with Crippen LogP contribution in [-0.4, -0.2) is 18.1 Å². The van der Waals surface area contributed by atoms with Gasteiger partial charge < -0.3 is 10.1 Å². The predicted molar refractivity (Wildman–Crippen MR) is 71.6 cm³/mol. The van der Waals surface area contributed by atoms with Crippen molar-refractivity contribution >= 4 is 28.8 Å². The number of ether oxygens (including phenoxy) is 1. The summed E-state index contributed by atoms with van der Waals surface area (Å²) in [5, 5.41) is 2.87. The second-order valence-electron chi connectivity index (χ2n) is 4.83. The molecule has 0 aliphatic carbocycles. The molecule has 0 bridgehead atoms. The van der Waals surface area contributed by atoms with Crippen LogP contribution >= 0.6 is 22.9 Å². The van der Waals surface area contributed by atoms with Gasteiger partial charge in [0.15, 0.2) is 0 Å². The standard InChI is InChI=1S/C12H18ClNO2S/c1-8(9-5-6-10(13)17-9)14-11(15)7-16-12(2,3)4/h5-6,8H,7H2,1-4H3,(H,14,15). The minimum absolute atomic E-state index is 0.0384. The largest absolute Gasteiger partial charge is 0.366 e. The number of nitrogens with one attached hydrogen (secondary N) is 1. The molecule has 0 aliphatic heterocycles. The van der Waals surface area contributed by atoms with Gasteiger partial charge in [-0.3, -0.25) is 4.79 Å². The van der Waals surface area contributed by atoms with Gasteiger partial charge in [-0.15, -0.1) is 11.3 Å². The summed E-state index contributed by atoms with van der Waals surface area (Å²) in [7, 11) is 0. The Kier molecular flexibility index (Phi) is 4.98. The van der Waals surface area contributed by atoms with Crippen LogP contribution in [0.3, 0.4) is 0 Å². The molecule has 3 nitrogen and oxygen atoms in total. The number of hydrogen-bond donors (Lipinski definition) is 1. The molecule has 1 unspecified atom stereocenters. The third-order valence-corrected chi connectivity index (χ3v) is 3.45. The first-order valence-electron chi connectivity index (χ1n) is 5.46. The lowest BCUT2D eigenvalue weighted by Gasteiger charge is -2.20. The first kappa shape index (κ1) is 14.5. The summed E-state index contributed by atoms with van der Waals surface area (Å²) in [6.07, 6.45) is 0. The van der Waals surface area contributed by atoms with Crippen molar-refractivity contribution in [3.63, 3.8) is 0 Å². The van der Waals surface area contributed by atoms with E-state index in [4.69, 9.17) is 16.3 Å². The first-order valence-corrected chi connectivity index (χ1v) is 6.66. The van der Waals surface area contributed by atoms with E-state index in [9.17, 15) is 4.79 Å². The van der Waals surface area contributed by atoms with Gasteiger partial charge in [0.1, 0.15) is 6.61 Å². The monoisotopic (exact) mass is 275 g/mol. The molecule has 0 saturated heterocycles. The molecule has 0 saturated carbocycles. The zero-order valence-corrected chi connectivity index (χ0v) is 12.1. The molecule has 1 aromatic heterocycles. The van der Waals surface area contributed by atoms with Crippen LogP contribution in [0.1, 0.15) is 38.6 Å². The van der Waals surface area contributed by atoms with E-state index in [1.165, 1.54) is 11.3 Å². The van der Waals surface area contributed by atoms with Gasteiger partial charge in [-0.25, -0.2) is 0 Å². The second-order valence-corrected chi connectivity index (χ2v) is 6.58. The third-order valence-electron chi connectivity index (χ3n) is 2.03. The lowest BCUT2D eigenvalue weighted by atomic mass is 10.2. The Balaban J connectivity index is 2.41. The molecule has 0 aromatic carbocycles. The second kappa shape index (κ2) is 5.85. The van der Waals surface area contributed by atoms with Gasteiger partial charge in [0.2, 0.25) is 5.91 Å². The molecule has 17 heavy (non-hydrogen) atoms. The Hall–Kier alpha value is -0.580. The van der Waals surface area contributed by atoms with E-state index in [-0.39, 0.29) is 24.2 Å². The normalized spacial score (nSPS) is 13.5. The van der Waals surface area contributed by atoms with E-state index in [2.05, 4.69) is 5.32 Å². The summed E-state index contributed by atoms with van der Waals surface area (Å²) < 4.78 is 6.13. The van der Waals surface area contributed by atoms with Gasteiger partial charge in [0, 0.05) is 4.88 Å².